The van der Waals surface area contributed by atoms with E-state index in [-0.39, 0.29) is 18.6 Å². The minimum Gasteiger partial charge on any atom is -0.396 e. The first-order chi connectivity index (χ1) is 11.1. The van der Waals surface area contributed by atoms with Crippen LogP contribution in [0.3, 0.4) is 0 Å². The fourth-order valence-electron chi connectivity index (χ4n) is 3.56. The number of hydrogen-bond donors (Lipinski definition) is 2. The number of aliphatic hydroxyl groups is 1. The lowest BCUT2D eigenvalue weighted by atomic mass is 9.92. The van der Waals surface area contributed by atoms with E-state index >= 15 is 0 Å². The summed E-state index contributed by atoms with van der Waals surface area (Å²) < 4.78 is 0. The van der Waals surface area contributed by atoms with Crippen molar-refractivity contribution >= 4 is 5.91 Å². The molecule has 1 heterocycles. The highest BCUT2D eigenvalue weighted by atomic mass is 16.3. The second-order valence-electron chi connectivity index (χ2n) is 6.95. The summed E-state index contributed by atoms with van der Waals surface area (Å²) in [5, 5.41) is 12.5. The first-order valence-electron chi connectivity index (χ1n) is 8.77. The van der Waals surface area contributed by atoms with Crippen LogP contribution < -0.4 is 5.32 Å². The van der Waals surface area contributed by atoms with Crippen molar-refractivity contribution in [1.29, 1.82) is 0 Å². The van der Waals surface area contributed by atoms with Gasteiger partial charge in [0.05, 0.1) is 6.54 Å². The maximum Gasteiger partial charge on any atom is 0.236 e. The molecule has 3 unspecified atom stereocenters. The smallest absolute Gasteiger partial charge is 0.236 e. The van der Waals surface area contributed by atoms with E-state index in [9.17, 15) is 4.79 Å². The molecule has 0 aliphatic carbocycles. The van der Waals surface area contributed by atoms with Crippen molar-refractivity contribution in [2.24, 2.45) is 11.8 Å². The molecule has 0 bridgehead atoms. The molecule has 128 valence electrons. The normalized spacial score (nSPS) is 22.8. The van der Waals surface area contributed by atoms with Gasteiger partial charge in [-0.25, -0.2) is 0 Å². The van der Waals surface area contributed by atoms with Crippen LogP contribution in [0, 0.1) is 11.8 Å². The molecule has 3 atom stereocenters. The summed E-state index contributed by atoms with van der Waals surface area (Å²) in [5.41, 5.74) is 1.18. The van der Waals surface area contributed by atoms with Crippen molar-refractivity contribution in [1.82, 2.24) is 10.2 Å². The quantitative estimate of drug-likeness (QED) is 0.812. The summed E-state index contributed by atoms with van der Waals surface area (Å²) >= 11 is 0. The summed E-state index contributed by atoms with van der Waals surface area (Å²) in [6, 6.07) is 10.3. The largest absolute Gasteiger partial charge is 0.396 e. The summed E-state index contributed by atoms with van der Waals surface area (Å²) in [6.45, 7) is 6.73. The highest BCUT2D eigenvalue weighted by Gasteiger charge is 2.25. The Morgan fingerprint density at radius 1 is 1.26 bits per heavy atom. The Hall–Kier alpha value is -1.39. The summed E-state index contributed by atoms with van der Waals surface area (Å²) in [5.74, 6) is 1.36. The Labute approximate surface area is 139 Å². The van der Waals surface area contributed by atoms with Crippen LogP contribution in [-0.2, 0) is 4.79 Å². The van der Waals surface area contributed by atoms with Crippen LogP contribution in [0.25, 0.3) is 0 Å². The topological polar surface area (TPSA) is 52.6 Å². The number of hydrogen-bond acceptors (Lipinski definition) is 3. The molecule has 0 saturated carbocycles. The van der Waals surface area contributed by atoms with Gasteiger partial charge in [-0.05, 0) is 36.7 Å². The number of amides is 1. The van der Waals surface area contributed by atoms with E-state index < -0.39 is 0 Å². The van der Waals surface area contributed by atoms with Crippen molar-refractivity contribution in [3.63, 3.8) is 0 Å². The van der Waals surface area contributed by atoms with E-state index in [1.165, 1.54) is 12.0 Å². The Morgan fingerprint density at radius 2 is 1.91 bits per heavy atom. The Morgan fingerprint density at radius 3 is 2.52 bits per heavy atom. The van der Waals surface area contributed by atoms with E-state index in [0.29, 0.717) is 18.4 Å². The molecule has 0 spiro atoms. The number of nitrogens with zero attached hydrogens (tertiary/aromatic N) is 1. The van der Waals surface area contributed by atoms with Crippen LogP contribution in [0.5, 0.6) is 0 Å². The number of benzene rings is 1. The molecule has 2 rings (SSSR count). The fraction of sp³-hybridized carbons (Fsp3) is 0.632. The first-order valence-corrected chi connectivity index (χ1v) is 8.77. The number of aliphatic hydroxyl groups excluding tert-OH is 1. The SMILES string of the molecule is CC1CC(C)CN(C(=O)CNC(CCCO)c2ccccc2)C1. The zero-order valence-corrected chi connectivity index (χ0v) is 14.4. The number of likely N-dealkylation sites (tertiary alicyclic amines) is 1. The summed E-state index contributed by atoms with van der Waals surface area (Å²) in [6.07, 6.45) is 2.78. The minimum atomic E-state index is 0.118. The van der Waals surface area contributed by atoms with Gasteiger partial charge in [0.1, 0.15) is 0 Å². The van der Waals surface area contributed by atoms with Gasteiger partial charge in [-0.1, -0.05) is 44.2 Å². The molecular weight excluding hydrogens is 288 g/mol. The molecule has 4 nitrogen and oxygen atoms in total. The summed E-state index contributed by atoms with van der Waals surface area (Å²) in [7, 11) is 0. The molecule has 2 N–H and O–H groups in total. The van der Waals surface area contributed by atoms with Crippen LogP contribution in [0.15, 0.2) is 30.3 Å². The molecular formula is C19H30N2O2. The van der Waals surface area contributed by atoms with Crippen molar-refractivity contribution in [2.45, 2.75) is 39.2 Å². The van der Waals surface area contributed by atoms with Crippen molar-refractivity contribution in [3.8, 4) is 0 Å². The zero-order chi connectivity index (χ0) is 16.7. The van der Waals surface area contributed by atoms with Crippen molar-refractivity contribution in [2.75, 3.05) is 26.2 Å². The fourth-order valence-corrected chi connectivity index (χ4v) is 3.56. The minimum absolute atomic E-state index is 0.118. The molecule has 1 aliphatic heterocycles. The Balaban J connectivity index is 1.91. The van der Waals surface area contributed by atoms with E-state index in [1.54, 1.807) is 0 Å². The maximum atomic E-state index is 12.5. The number of rotatable bonds is 7. The molecule has 1 amide bonds. The van der Waals surface area contributed by atoms with E-state index in [1.807, 2.05) is 23.1 Å². The molecule has 23 heavy (non-hydrogen) atoms. The third-order valence-electron chi connectivity index (χ3n) is 4.57. The van der Waals surface area contributed by atoms with Gasteiger partial charge in [0.25, 0.3) is 0 Å². The molecule has 1 saturated heterocycles. The molecule has 0 radical (unpaired) electrons. The van der Waals surface area contributed by atoms with Crippen LogP contribution in [0.4, 0.5) is 0 Å². The van der Waals surface area contributed by atoms with Crippen molar-refractivity contribution < 1.29 is 9.90 Å². The molecule has 4 heteroatoms. The molecule has 1 fully saturated rings. The van der Waals surface area contributed by atoms with Gasteiger partial charge in [0, 0.05) is 25.7 Å². The van der Waals surface area contributed by atoms with Crippen LogP contribution >= 0.6 is 0 Å². The highest BCUT2D eigenvalue weighted by Crippen LogP contribution is 2.21. The predicted octanol–water partition coefficient (Wildman–Crippen LogP) is 2.59. The number of carbonyl (C=O) groups is 1. The summed E-state index contributed by atoms with van der Waals surface area (Å²) in [4.78, 5) is 14.5. The first kappa shape index (κ1) is 18.0. The van der Waals surface area contributed by atoms with Gasteiger partial charge in [-0.3, -0.25) is 4.79 Å². The van der Waals surface area contributed by atoms with Crippen molar-refractivity contribution in [3.05, 3.63) is 35.9 Å². The maximum absolute atomic E-state index is 12.5. The lowest BCUT2D eigenvalue weighted by Crippen LogP contribution is -2.46. The van der Waals surface area contributed by atoms with Crippen LogP contribution in [0.1, 0.15) is 44.7 Å². The van der Waals surface area contributed by atoms with E-state index in [0.717, 1.165) is 25.9 Å². The van der Waals surface area contributed by atoms with E-state index in [4.69, 9.17) is 5.11 Å². The molecule has 1 aromatic rings. The zero-order valence-electron chi connectivity index (χ0n) is 14.4. The Bertz CT molecular complexity index is 468. The lowest BCUT2D eigenvalue weighted by molar-refractivity contribution is -0.133. The molecule has 1 aromatic carbocycles. The number of nitrogens with one attached hydrogen (secondary N) is 1. The van der Waals surface area contributed by atoms with Crippen LogP contribution in [-0.4, -0.2) is 42.2 Å². The second kappa shape index (κ2) is 9.04. The monoisotopic (exact) mass is 318 g/mol. The van der Waals surface area contributed by atoms with Gasteiger partial charge >= 0.3 is 0 Å². The van der Waals surface area contributed by atoms with Gasteiger partial charge < -0.3 is 15.3 Å². The number of carbonyl (C=O) groups excluding carboxylic acids is 1. The number of piperidine rings is 1. The highest BCUT2D eigenvalue weighted by molar-refractivity contribution is 5.78. The standard InChI is InChI=1S/C19H30N2O2/c1-15-11-16(2)14-21(13-15)19(23)12-20-18(9-6-10-22)17-7-4-3-5-8-17/h3-5,7-8,15-16,18,20,22H,6,9-14H2,1-2H3. The second-order valence-corrected chi connectivity index (χ2v) is 6.95. The Kier molecular flexibility index (Phi) is 7.06. The third-order valence-corrected chi connectivity index (χ3v) is 4.57. The van der Waals surface area contributed by atoms with Crippen LogP contribution in [0.2, 0.25) is 0 Å². The third kappa shape index (κ3) is 5.63. The molecule has 0 aromatic heterocycles. The average molecular weight is 318 g/mol. The van der Waals surface area contributed by atoms with Gasteiger partial charge in [0.15, 0.2) is 0 Å². The van der Waals surface area contributed by atoms with Gasteiger partial charge in [-0.15, -0.1) is 0 Å². The average Bonchev–Trinajstić information content (AvgIpc) is 2.54. The van der Waals surface area contributed by atoms with E-state index in [2.05, 4.69) is 31.3 Å². The van der Waals surface area contributed by atoms with Gasteiger partial charge in [0.2, 0.25) is 5.91 Å². The van der Waals surface area contributed by atoms with Gasteiger partial charge in [-0.2, -0.15) is 0 Å². The predicted molar refractivity (Wildman–Crippen MR) is 93.0 cm³/mol. The lowest BCUT2D eigenvalue weighted by Gasteiger charge is -2.35. The molecule has 1 aliphatic rings.